The minimum Gasteiger partial charge on any atom is -0.339 e. The number of anilines is 1. The van der Waals surface area contributed by atoms with Gasteiger partial charge >= 0.3 is 0 Å². The minimum absolute atomic E-state index is 0.225. The number of carbonyl (C=O) groups is 1. The maximum atomic E-state index is 12.6. The zero-order valence-corrected chi connectivity index (χ0v) is 18.2. The molecule has 0 radical (unpaired) electrons. The maximum absolute atomic E-state index is 12.6. The summed E-state index contributed by atoms with van der Waals surface area (Å²) in [5, 5.41) is 8.82. The molecule has 4 nitrogen and oxygen atoms in total. The second kappa shape index (κ2) is 9.11. The lowest BCUT2D eigenvalue weighted by Crippen LogP contribution is -2.56. The molecular formula is C19H20Cl3N3OS. The number of hydrogen-bond acceptors (Lipinski definition) is 2. The van der Waals surface area contributed by atoms with Crippen LogP contribution in [0, 0.1) is 20.8 Å². The van der Waals surface area contributed by atoms with E-state index in [1.807, 2.05) is 51.1 Å². The first-order valence-corrected chi connectivity index (χ1v) is 9.70. The van der Waals surface area contributed by atoms with Crippen molar-refractivity contribution < 1.29 is 4.79 Å². The Morgan fingerprint density at radius 2 is 1.67 bits per heavy atom. The summed E-state index contributed by atoms with van der Waals surface area (Å²) in [6, 6.07) is 13.0. The van der Waals surface area contributed by atoms with E-state index in [0.717, 1.165) is 22.4 Å². The number of benzene rings is 2. The quantitative estimate of drug-likeness (QED) is 0.352. The van der Waals surface area contributed by atoms with E-state index in [-0.39, 0.29) is 11.0 Å². The smallest absolute Gasteiger partial charge is 0.253 e. The topological polar surface area (TPSA) is 53.2 Å². The number of halogens is 3. The highest BCUT2D eigenvalue weighted by Crippen LogP contribution is 2.29. The first-order chi connectivity index (χ1) is 12.6. The van der Waals surface area contributed by atoms with Crippen molar-refractivity contribution >= 4 is 63.7 Å². The van der Waals surface area contributed by atoms with Crippen LogP contribution in [-0.4, -0.2) is 21.0 Å². The summed E-state index contributed by atoms with van der Waals surface area (Å²) in [5.74, 6) is -0.369. The van der Waals surface area contributed by atoms with Crippen LogP contribution in [-0.2, 0) is 0 Å². The van der Waals surface area contributed by atoms with Gasteiger partial charge in [-0.2, -0.15) is 0 Å². The van der Waals surface area contributed by atoms with Crippen LogP contribution in [0.4, 0.5) is 5.69 Å². The van der Waals surface area contributed by atoms with Gasteiger partial charge in [0, 0.05) is 11.3 Å². The standard InChI is InChI=1S/C19H20Cl3N3OS/c1-11-8-9-15(13(3)10-11)23-18(27)25-17(19(20,21)22)24-16(26)14-7-5-4-6-12(14)2/h4-10,17H,1-3H3,(H,24,26)(H2,23,25,27)/t17-/m0/s1. The highest BCUT2D eigenvalue weighted by molar-refractivity contribution is 7.80. The van der Waals surface area contributed by atoms with Crippen molar-refractivity contribution in [2.75, 3.05) is 5.32 Å². The molecule has 0 aliphatic heterocycles. The molecule has 0 fully saturated rings. The third kappa shape index (κ3) is 6.25. The maximum Gasteiger partial charge on any atom is 0.253 e. The molecule has 2 aromatic carbocycles. The molecule has 0 unspecified atom stereocenters. The normalized spacial score (nSPS) is 12.2. The number of thiocarbonyl (C=S) groups is 1. The lowest BCUT2D eigenvalue weighted by Gasteiger charge is -2.28. The van der Waals surface area contributed by atoms with Crippen molar-refractivity contribution in [3.05, 3.63) is 64.7 Å². The van der Waals surface area contributed by atoms with Gasteiger partial charge in [-0.1, -0.05) is 70.7 Å². The van der Waals surface area contributed by atoms with E-state index < -0.39 is 9.96 Å². The Morgan fingerprint density at radius 1 is 1.00 bits per heavy atom. The molecule has 0 saturated carbocycles. The van der Waals surface area contributed by atoms with Gasteiger partial charge in [0.2, 0.25) is 3.79 Å². The van der Waals surface area contributed by atoms with Crippen LogP contribution in [0.15, 0.2) is 42.5 Å². The molecule has 0 aromatic heterocycles. The van der Waals surface area contributed by atoms with E-state index in [9.17, 15) is 4.79 Å². The molecule has 144 valence electrons. The van der Waals surface area contributed by atoms with Gasteiger partial charge in [-0.3, -0.25) is 4.79 Å². The molecule has 8 heteroatoms. The Labute approximate surface area is 179 Å². The van der Waals surface area contributed by atoms with Gasteiger partial charge < -0.3 is 16.0 Å². The minimum atomic E-state index is -1.81. The molecule has 0 heterocycles. The third-order valence-corrected chi connectivity index (χ3v) is 4.77. The predicted octanol–water partition coefficient (Wildman–Crippen LogP) is 5.02. The van der Waals surface area contributed by atoms with Crippen LogP contribution in [0.25, 0.3) is 0 Å². The van der Waals surface area contributed by atoms with Crippen molar-refractivity contribution in [2.45, 2.75) is 30.7 Å². The fourth-order valence-electron chi connectivity index (χ4n) is 2.48. The average molecular weight is 445 g/mol. The third-order valence-electron chi connectivity index (χ3n) is 3.90. The first-order valence-electron chi connectivity index (χ1n) is 8.16. The molecule has 1 amide bonds. The second-order valence-corrected chi connectivity index (χ2v) is 8.96. The first kappa shape index (κ1) is 21.8. The lowest BCUT2D eigenvalue weighted by atomic mass is 10.1. The summed E-state index contributed by atoms with van der Waals surface area (Å²) in [4.78, 5) is 12.6. The molecule has 0 spiro atoms. The predicted molar refractivity (Wildman–Crippen MR) is 118 cm³/mol. The number of hydrogen-bond donors (Lipinski definition) is 3. The van der Waals surface area contributed by atoms with Gasteiger partial charge in [0.15, 0.2) is 5.11 Å². The summed E-state index contributed by atoms with van der Waals surface area (Å²) in [5.41, 5.74) is 4.29. The zero-order chi connectivity index (χ0) is 20.2. The fraction of sp³-hybridized carbons (Fsp3) is 0.263. The highest BCUT2D eigenvalue weighted by Gasteiger charge is 2.35. The second-order valence-electron chi connectivity index (χ2n) is 6.18. The molecule has 3 N–H and O–H groups in total. The van der Waals surface area contributed by atoms with Crippen molar-refractivity contribution in [3.63, 3.8) is 0 Å². The number of alkyl halides is 3. The molecule has 0 aliphatic rings. The van der Waals surface area contributed by atoms with Crippen LogP contribution in [0.5, 0.6) is 0 Å². The summed E-state index contributed by atoms with van der Waals surface area (Å²) in [7, 11) is 0. The molecule has 2 rings (SSSR count). The molecule has 1 atom stereocenters. The van der Waals surface area contributed by atoms with Gasteiger partial charge in [0.25, 0.3) is 5.91 Å². The summed E-state index contributed by atoms with van der Waals surface area (Å²) < 4.78 is -1.81. The van der Waals surface area contributed by atoms with E-state index >= 15 is 0 Å². The fourth-order valence-corrected chi connectivity index (χ4v) is 3.03. The monoisotopic (exact) mass is 443 g/mol. The lowest BCUT2D eigenvalue weighted by molar-refractivity contribution is 0.0934. The van der Waals surface area contributed by atoms with Gasteiger partial charge in [0.1, 0.15) is 6.17 Å². The van der Waals surface area contributed by atoms with E-state index in [1.54, 1.807) is 12.1 Å². The van der Waals surface area contributed by atoms with Crippen LogP contribution in [0.2, 0.25) is 0 Å². The summed E-state index contributed by atoms with van der Waals surface area (Å²) in [6.45, 7) is 5.80. The van der Waals surface area contributed by atoms with Crippen LogP contribution >= 0.6 is 47.0 Å². The Bertz CT molecular complexity index is 852. The van der Waals surface area contributed by atoms with Gasteiger partial charge in [-0.15, -0.1) is 0 Å². The Hall–Kier alpha value is -1.53. The van der Waals surface area contributed by atoms with Crippen LogP contribution in [0.3, 0.4) is 0 Å². The van der Waals surface area contributed by atoms with E-state index in [1.165, 1.54) is 0 Å². The Balaban J connectivity index is 2.11. The van der Waals surface area contributed by atoms with Crippen molar-refractivity contribution in [1.82, 2.24) is 10.6 Å². The number of aryl methyl sites for hydroxylation is 3. The van der Waals surface area contributed by atoms with Gasteiger partial charge in [0.05, 0.1) is 0 Å². The highest BCUT2D eigenvalue weighted by atomic mass is 35.6. The average Bonchev–Trinajstić information content (AvgIpc) is 2.56. The van der Waals surface area contributed by atoms with Crippen LogP contribution in [0.1, 0.15) is 27.0 Å². The van der Waals surface area contributed by atoms with Gasteiger partial charge in [-0.25, -0.2) is 0 Å². The molecule has 0 bridgehead atoms. The molecule has 2 aromatic rings. The van der Waals surface area contributed by atoms with Crippen molar-refractivity contribution in [2.24, 2.45) is 0 Å². The summed E-state index contributed by atoms with van der Waals surface area (Å²) >= 11 is 23.4. The van der Waals surface area contributed by atoms with E-state index in [2.05, 4.69) is 16.0 Å². The Kier molecular flexibility index (Phi) is 7.34. The SMILES string of the molecule is Cc1ccc(NC(=S)N[C@H](NC(=O)c2ccccc2C)C(Cl)(Cl)Cl)c(C)c1. The van der Waals surface area contributed by atoms with Crippen molar-refractivity contribution in [3.8, 4) is 0 Å². The number of amides is 1. The molecular weight excluding hydrogens is 425 g/mol. The van der Waals surface area contributed by atoms with Crippen LogP contribution < -0.4 is 16.0 Å². The van der Waals surface area contributed by atoms with Gasteiger partial charge in [-0.05, 0) is 56.2 Å². The van der Waals surface area contributed by atoms with E-state index in [0.29, 0.717) is 5.56 Å². The van der Waals surface area contributed by atoms with Crippen molar-refractivity contribution in [1.29, 1.82) is 0 Å². The molecule has 0 saturated heterocycles. The number of rotatable bonds is 4. The molecule has 0 aliphatic carbocycles. The summed E-state index contributed by atoms with van der Waals surface area (Å²) in [6.07, 6.45) is -1.03. The Morgan fingerprint density at radius 3 is 2.26 bits per heavy atom. The number of nitrogens with one attached hydrogen (secondary N) is 3. The molecule has 27 heavy (non-hydrogen) atoms. The zero-order valence-electron chi connectivity index (χ0n) is 15.1. The van der Waals surface area contributed by atoms with E-state index in [4.69, 9.17) is 47.0 Å². The number of carbonyl (C=O) groups excluding carboxylic acids is 1. The largest absolute Gasteiger partial charge is 0.339 e.